The van der Waals surface area contributed by atoms with Gasteiger partial charge in [-0.15, -0.1) is 0 Å². The number of nitrogens with zero attached hydrogens (tertiary/aromatic N) is 8. The molecule has 5 aromatic rings. The third-order valence-corrected chi connectivity index (χ3v) is 8.23. The highest BCUT2D eigenvalue weighted by Crippen LogP contribution is 2.52. The van der Waals surface area contributed by atoms with Crippen molar-refractivity contribution >= 4 is 17.2 Å². The van der Waals surface area contributed by atoms with Crippen molar-refractivity contribution < 1.29 is 9.53 Å². The molecule has 0 radical (unpaired) electrons. The molecule has 1 amide bonds. The van der Waals surface area contributed by atoms with Crippen LogP contribution in [0.25, 0.3) is 27.8 Å². The first kappa shape index (κ1) is 24.8. The van der Waals surface area contributed by atoms with Crippen molar-refractivity contribution in [3.63, 3.8) is 0 Å². The van der Waals surface area contributed by atoms with E-state index in [2.05, 4.69) is 43.6 Å². The van der Waals surface area contributed by atoms with E-state index in [1.165, 1.54) is 0 Å². The quantitative estimate of drug-likeness (QED) is 0.331. The predicted molar refractivity (Wildman–Crippen MR) is 151 cm³/mol. The minimum atomic E-state index is -0.130. The Kier molecular flexibility index (Phi) is 5.89. The number of aryl methyl sites for hydroxylation is 1. The number of amides is 1. The zero-order valence-electron chi connectivity index (χ0n) is 22.6. The molecule has 0 spiro atoms. The summed E-state index contributed by atoms with van der Waals surface area (Å²) in [5, 5.41) is 21.5. The molecule has 2 aliphatic rings. The van der Waals surface area contributed by atoms with E-state index in [-0.39, 0.29) is 5.91 Å². The zero-order valence-corrected chi connectivity index (χ0v) is 22.6. The Balaban J connectivity index is 1.04. The Bertz CT molecular complexity index is 1810. The Hall–Kier alpha value is -5.24. The van der Waals surface area contributed by atoms with E-state index in [1.807, 2.05) is 37.9 Å². The zero-order chi connectivity index (χ0) is 28.1. The van der Waals surface area contributed by atoms with Crippen molar-refractivity contribution in [1.82, 2.24) is 34.7 Å². The van der Waals surface area contributed by atoms with Crippen LogP contribution in [0, 0.1) is 29.1 Å². The summed E-state index contributed by atoms with van der Waals surface area (Å²) in [6, 6.07) is 10.1. The highest BCUT2D eigenvalue weighted by Gasteiger charge is 2.55. The summed E-state index contributed by atoms with van der Waals surface area (Å²) in [5.74, 6) is 2.93. The number of ether oxygens (including phenoxy) is 1. The standard InChI is InChI=1S/C30H27N9O2/c1-37-14-22(11-35-37)20-6-24(29-21(7-31)10-36-39(29)15-20)18-3-4-28(33-9-18)38-16-26-25(27(26)17-38)13-34-30(40)19-5-23(41-2)12-32-8-19/h3-6,8-12,14-15,25-27H,13,16-17H2,1-2H3,(H,34,40)/t25?,26-,27+. The fraction of sp³-hybridized carbons (Fsp3) is 0.267. The summed E-state index contributed by atoms with van der Waals surface area (Å²) in [6.07, 6.45) is 12.3. The number of piperidine rings is 1. The van der Waals surface area contributed by atoms with Crippen LogP contribution < -0.4 is 15.0 Å². The molecule has 11 heteroatoms. The number of hydrogen-bond acceptors (Lipinski definition) is 8. The van der Waals surface area contributed by atoms with Gasteiger partial charge in [-0.25, -0.2) is 9.50 Å². The first-order valence-electron chi connectivity index (χ1n) is 13.4. The van der Waals surface area contributed by atoms with Gasteiger partial charge in [0.2, 0.25) is 0 Å². The fourth-order valence-corrected chi connectivity index (χ4v) is 5.99. The maximum absolute atomic E-state index is 12.6. The Morgan fingerprint density at radius 3 is 2.61 bits per heavy atom. The van der Waals surface area contributed by atoms with Crippen LogP contribution in [0.1, 0.15) is 15.9 Å². The largest absolute Gasteiger partial charge is 0.495 e. The van der Waals surface area contributed by atoms with Crippen LogP contribution in [0.15, 0.2) is 67.6 Å². The summed E-state index contributed by atoms with van der Waals surface area (Å²) in [6.45, 7) is 2.49. The number of pyridine rings is 3. The number of hydrogen-bond donors (Lipinski definition) is 1. The molecule has 1 unspecified atom stereocenters. The molecule has 2 fully saturated rings. The second-order valence-corrected chi connectivity index (χ2v) is 10.6. The van der Waals surface area contributed by atoms with Crippen LogP contribution in [0.4, 0.5) is 5.82 Å². The molecule has 0 bridgehead atoms. The summed E-state index contributed by atoms with van der Waals surface area (Å²) in [7, 11) is 3.44. The average Bonchev–Trinajstić information content (AvgIpc) is 3.44. The lowest BCUT2D eigenvalue weighted by Gasteiger charge is -2.21. The molecule has 0 aromatic carbocycles. The molecule has 1 saturated carbocycles. The maximum Gasteiger partial charge on any atom is 0.252 e. The smallest absolute Gasteiger partial charge is 0.252 e. The number of rotatable bonds is 7. The minimum absolute atomic E-state index is 0.130. The average molecular weight is 546 g/mol. The molecule has 1 saturated heterocycles. The van der Waals surface area contributed by atoms with Crippen LogP contribution in [0.3, 0.4) is 0 Å². The van der Waals surface area contributed by atoms with Crippen LogP contribution in [-0.2, 0) is 7.05 Å². The summed E-state index contributed by atoms with van der Waals surface area (Å²) in [4.78, 5) is 23.7. The van der Waals surface area contributed by atoms with Gasteiger partial charge in [-0.2, -0.15) is 15.5 Å². The fourth-order valence-electron chi connectivity index (χ4n) is 5.99. The van der Waals surface area contributed by atoms with Crippen LogP contribution >= 0.6 is 0 Å². The van der Waals surface area contributed by atoms with Crippen molar-refractivity contribution in [2.24, 2.45) is 24.8 Å². The molecule has 11 nitrogen and oxygen atoms in total. The number of aromatic nitrogens is 6. The Morgan fingerprint density at radius 2 is 1.90 bits per heavy atom. The van der Waals surface area contributed by atoms with Gasteiger partial charge in [0.25, 0.3) is 5.91 Å². The topological polar surface area (TPSA) is 126 Å². The number of carbonyl (C=O) groups excluding carboxylic acids is 1. The van der Waals surface area contributed by atoms with Gasteiger partial charge in [-0.1, -0.05) is 0 Å². The lowest BCUT2D eigenvalue weighted by molar-refractivity contribution is 0.0950. The van der Waals surface area contributed by atoms with Gasteiger partial charge in [0, 0.05) is 73.7 Å². The van der Waals surface area contributed by atoms with Crippen molar-refractivity contribution in [2.45, 2.75) is 0 Å². The van der Waals surface area contributed by atoms with E-state index >= 15 is 0 Å². The predicted octanol–water partition coefficient (Wildman–Crippen LogP) is 3.18. The number of methoxy groups -OCH3 is 1. The third-order valence-electron chi connectivity index (χ3n) is 8.23. The molecule has 6 heterocycles. The first-order valence-corrected chi connectivity index (χ1v) is 13.4. The first-order chi connectivity index (χ1) is 20.0. The number of fused-ring (bicyclic) bond motifs is 2. The lowest BCUT2D eigenvalue weighted by atomic mass is 10.0. The highest BCUT2D eigenvalue weighted by atomic mass is 16.5. The van der Waals surface area contributed by atoms with E-state index in [9.17, 15) is 10.1 Å². The van der Waals surface area contributed by atoms with Crippen molar-refractivity contribution in [1.29, 1.82) is 5.26 Å². The lowest BCUT2D eigenvalue weighted by Crippen LogP contribution is -2.31. The van der Waals surface area contributed by atoms with Gasteiger partial charge < -0.3 is 15.0 Å². The second-order valence-electron chi connectivity index (χ2n) is 10.6. The van der Waals surface area contributed by atoms with Crippen molar-refractivity contribution in [2.75, 3.05) is 31.6 Å². The number of carbonyl (C=O) groups is 1. The monoisotopic (exact) mass is 545 g/mol. The summed E-state index contributed by atoms with van der Waals surface area (Å²) in [5.41, 5.74) is 5.51. The van der Waals surface area contributed by atoms with Crippen LogP contribution in [0.5, 0.6) is 5.75 Å². The van der Waals surface area contributed by atoms with Gasteiger partial charge in [0.15, 0.2) is 0 Å². The van der Waals surface area contributed by atoms with Gasteiger partial charge in [0.05, 0.1) is 42.3 Å². The van der Waals surface area contributed by atoms with E-state index in [4.69, 9.17) is 9.72 Å². The van der Waals surface area contributed by atoms with E-state index in [0.29, 0.717) is 41.2 Å². The Morgan fingerprint density at radius 1 is 1.05 bits per heavy atom. The molecule has 204 valence electrons. The van der Waals surface area contributed by atoms with Gasteiger partial charge in [-0.3, -0.25) is 14.5 Å². The van der Waals surface area contributed by atoms with Crippen molar-refractivity contribution in [3.8, 4) is 34.1 Å². The van der Waals surface area contributed by atoms with E-state index in [0.717, 1.165) is 46.7 Å². The molecule has 1 aliphatic carbocycles. The second kappa shape index (κ2) is 9.75. The highest BCUT2D eigenvalue weighted by molar-refractivity contribution is 5.94. The van der Waals surface area contributed by atoms with Crippen LogP contribution in [-0.4, -0.2) is 62.0 Å². The normalized spacial score (nSPS) is 19.1. The SMILES string of the molecule is COc1cncc(C(=O)NCC2[C@H]3CN(c4ccc(-c5cc(-c6cnn(C)c6)cn6ncc(C#N)c56)cn4)C[C@@H]23)c1. The number of nitriles is 1. The molecule has 1 N–H and O–H groups in total. The van der Waals surface area contributed by atoms with Gasteiger partial charge in [-0.05, 0) is 42.0 Å². The number of anilines is 1. The summed E-state index contributed by atoms with van der Waals surface area (Å²) >= 11 is 0. The molecule has 3 atom stereocenters. The molecule has 5 aromatic heterocycles. The summed E-state index contributed by atoms with van der Waals surface area (Å²) < 4.78 is 8.68. The molecule has 41 heavy (non-hydrogen) atoms. The number of nitrogens with one attached hydrogen (secondary N) is 1. The molecule has 7 rings (SSSR count). The Labute approximate surface area is 236 Å². The van der Waals surface area contributed by atoms with Crippen molar-refractivity contribution in [3.05, 3.63) is 78.8 Å². The molecular formula is C30H27N9O2. The van der Waals surface area contributed by atoms with E-state index in [1.54, 1.807) is 41.0 Å². The molecule has 1 aliphatic heterocycles. The van der Waals surface area contributed by atoms with Gasteiger partial charge in [0.1, 0.15) is 17.6 Å². The van der Waals surface area contributed by atoms with E-state index < -0.39 is 0 Å². The van der Waals surface area contributed by atoms with Crippen LogP contribution in [0.2, 0.25) is 0 Å². The van der Waals surface area contributed by atoms with Gasteiger partial charge >= 0.3 is 0 Å². The minimum Gasteiger partial charge on any atom is -0.495 e. The maximum atomic E-state index is 12.6. The molecular weight excluding hydrogens is 518 g/mol. The third kappa shape index (κ3) is 4.43.